The van der Waals surface area contributed by atoms with Crippen molar-refractivity contribution >= 4 is 17.9 Å². The molecule has 0 heterocycles. The first-order valence-electron chi connectivity index (χ1n) is 29.8. The van der Waals surface area contributed by atoms with Crippen molar-refractivity contribution in [1.82, 2.24) is 0 Å². The summed E-state index contributed by atoms with van der Waals surface area (Å²) in [5.41, 5.74) is 0. The third-order valence-electron chi connectivity index (χ3n) is 13.0. The van der Waals surface area contributed by atoms with Crippen LogP contribution in [0.2, 0.25) is 0 Å². The lowest BCUT2D eigenvalue weighted by Crippen LogP contribution is -2.30. The Bertz CT molecular complexity index is 1250. The van der Waals surface area contributed by atoms with Gasteiger partial charge in [0.25, 0.3) is 0 Å². The minimum Gasteiger partial charge on any atom is -0.462 e. The van der Waals surface area contributed by atoms with Gasteiger partial charge >= 0.3 is 17.9 Å². The third-order valence-corrected chi connectivity index (χ3v) is 13.0. The number of ether oxygens (including phenoxy) is 3. The van der Waals surface area contributed by atoms with Crippen molar-refractivity contribution in [2.24, 2.45) is 0 Å². The Balaban J connectivity index is 4.05. The standard InChI is InChI=1S/C63H112O6/c1-4-7-10-13-15-17-19-21-23-25-27-28-29-30-31-32-33-34-36-37-39-41-43-45-47-50-53-56-62(65)68-59-60(58-67-61(64)55-52-49-12-9-6-3)69-63(66)57-54-51-48-46-44-42-40-38-35-26-24-22-20-18-16-14-11-8-5-2/h16,18-19,21-22,24-25,27,35,38,60H,4-15,17,20,23,26,28-34,36-37,39-59H2,1-3H3/b18-16-,21-19-,24-22-,27-25-,38-35-. The van der Waals surface area contributed by atoms with Gasteiger partial charge < -0.3 is 14.2 Å². The Morgan fingerprint density at radius 3 is 0.841 bits per heavy atom. The highest BCUT2D eigenvalue weighted by Gasteiger charge is 2.19. The molecule has 0 saturated carbocycles. The van der Waals surface area contributed by atoms with Gasteiger partial charge in [0.05, 0.1) is 0 Å². The number of rotatable bonds is 54. The molecule has 0 aromatic carbocycles. The highest BCUT2D eigenvalue weighted by molar-refractivity contribution is 5.71. The minimum absolute atomic E-state index is 0.0781. The summed E-state index contributed by atoms with van der Waals surface area (Å²) in [6, 6.07) is 0. The van der Waals surface area contributed by atoms with Gasteiger partial charge in [-0.3, -0.25) is 14.4 Å². The molecule has 0 rings (SSSR count). The third kappa shape index (κ3) is 55.9. The zero-order valence-electron chi connectivity index (χ0n) is 45.8. The Hall–Kier alpha value is -2.89. The molecule has 1 atom stereocenters. The monoisotopic (exact) mass is 965 g/mol. The van der Waals surface area contributed by atoms with Crippen molar-refractivity contribution in [3.8, 4) is 0 Å². The van der Waals surface area contributed by atoms with E-state index in [4.69, 9.17) is 14.2 Å². The first kappa shape index (κ1) is 66.1. The predicted octanol–water partition coefficient (Wildman–Crippen LogP) is 20.0. The largest absolute Gasteiger partial charge is 0.462 e. The summed E-state index contributed by atoms with van der Waals surface area (Å²) in [5.74, 6) is -0.895. The number of allylic oxidation sites excluding steroid dienone is 10. The molecule has 0 spiro atoms. The lowest BCUT2D eigenvalue weighted by molar-refractivity contribution is -0.167. The number of carbonyl (C=O) groups excluding carboxylic acids is 3. The number of hydrogen-bond donors (Lipinski definition) is 0. The fraction of sp³-hybridized carbons (Fsp3) is 0.794. The molecule has 0 amide bonds. The van der Waals surface area contributed by atoms with E-state index in [1.807, 2.05) is 0 Å². The highest BCUT2D eigenvalue weighted by atomic mass is 16.6. The molecule has 69 heavy (non-hydrogen) atoms. The molecule has 0 N–H and O–H groups in total. The van der Waals surface area contributed by atoms with Crippen LogP contribution in [0.15, 0.2) is 60.8 Å². The summed E-state index contributed by atoms with van der Waals surface area (Å²) < 4.78 is 16.7. The first-order valence-corrected chi connectivity index (χ1v) is 29.8. The van der Waals surface area contributed by atoms with Crippen LogP contribution in [-0.4, -0.2) is 37.2 Å². The normalized spacial score (nSPS) is 12.4. The van der Waals surface area contributed by atoms with E-state index in [0.717, 1.165) is 96.3 Å². The van der Waals surface area contributed by atoms with Gasteiger partial charge in [-0.15, -0.1) is 0 Å². The molecule has 0 bridgehead atoms. The molecule has 6 heteroatoms. The second-order valence-electron chi connectivity index (χ2n) is 19.9. The molecule has 0 aliphatic carbocycles. The van der Waals surface area contributed by atoms with Crippen molar-refractivity contribution in [2.45, 2.75) is 309 Å². The molecule has 0 aliphatic rings. The van der Waals surface area contributed by atoms with Gasteiger partial charge in [-0.05, 0) is 89.9 Å². The number of carbonyl (C=O) groups is 3. The molecule has 0 radical (unpaired) electrons. The van der Waals surface area contributed by atoms with Crippen molar-refractivity contribution in [1.29, 1.82) is 0 Å². The van der Waals surface area contributed by atoms with E-state index in [9.17, 15) is 14.4 Å². The van der Waals surface area contributed by atoms with Crippen LogP contribution in [0.1, 0.15) is 303 Å². The molecule has 6 nitrogen and oxygen atoms in total. The average molecular weight is 966 g/mol. The summed E-state index contributed by atoms with van der Waals surface area (Å²) in [6.07, 6.45) is 72.6. The van der Waals surface area contributed by atoms with Crippen LogP contribution in [0.3, 0.4) is 0 Å². The average Bonchev–Trinajstić information content (AvgIpc) is 3.35. The molecule has 0 aliphatic heterocycles. The minimum atomic E-state index is -0.777. The van der Waals surface area contributed by atoms with Crippen molar-refractivity contribution < 1.29 is 28.6 Å². The molecule has 400 valence electrons. The van der Waals surface area contributed by atoms with E-state index >= 15 is 0 Å². The van der Waals surface area contributed by atoms with E-state index in [1.165, 1.54) is 167 Å². The number of unbranched alkanes of at least 4 members (excludes halogenated alkanes) is 33. The lowest BCUT2D eigenvalue weighted by atomic mass is 10.0. The summed E-state index contributed by atoms with van der Waals surface area (Å²) in [7, 11) is 0. The fourth-order valence-electron chi connectivity index (χ4n) is 8.48. The Morgan fingerprint density at radius 1 is 0.290 bits per heavy atom. The van der Waals surface area contributed by atoms with E-state index < -0.39 is 6.10 Å². The quantitative estimate of drug-likeness (QED) is 0.0262. The van der Waals surface area contributed by atoms with E-state index in [0.29, 0.717) is 19.3 Å². The summed E-state index contributed by atoms with van der Waals surface area (Å²) in [5, 5.41) is 0. The Labute approximate surface area is 428 Å². The predicted molar refractivity (Wildman–Crippen MR) is 298 cm³/mol. The number of esters is 3. The van der Waals surface area contributed by atoms with Gasteiger partial charge in [0.15, 0.2) is 6.10 Å². The van der Waals surface area contributed by atoms with Crippen molar-refractivity contribution in [3.05, 3.63) is 60.8 Å². The summed E-state index contributed by atoms with van der Waals surface area (Å²) >= 11 is 0. The van der Waals surface area contributed by atoms with E-state index in [2.05, 4.69) is 81.5 Å². The van der Waals surface area contributed by atoms with Gasteiger partial charge in [0, 0.05) is 19.3 Å². The lowest BCUT2D eigenvalue weighted by Gasteiger charge is -2.18. The van der Waals surface area contributed by atoms with E-state index in [-0.39, 0.29) is 31.1 Å². The summed E-state index contributed by atoms with van der Waals surface area (Å²) in [6.45, 7) is 6.53. The second kappa shape index (κ2) is 57.7. The van der Waals surface area contributed by atoms with Crippen molar-refractivity contribution in [3.63, 3.8) is 0 Å². The van der Waals surface area contributed by atoms with Crippen LogP contribution < -0.4 is 0 Å². The van der Waals surface area contributed by atoms with Gasteiger partial charge in [0.1, 0.15) is 13.2 Å². The SMILES string of the molecule is CCCCC/C=C\C/C=C\C/C=C\CCCCCCCCC(=O)OC(COC(=O)CCCCCCC)COC(=O)CCCCCCCCCCCCCCCCC/C=C\C/C=C\CCCCCCC. The van der Waals surface area contributed by atoms with E-state index in [1.54, 1.807) is 0 Å². The van der Waals surface area contributed by atoms with Crippen LogP contribution >= 0.6 is 0 Å². The first-order chi connectivity index (χ1) is 34.0. The molecule has 0 aromatic heterocycles. The molecular weight excluding hydrogens is 853 g/mol. The maximum atomic E-state index is 12.8. The topological polar surface area (TPSA) is 78.9 Å². The van der Waals surface area contributed by atoms with Crippen LogP contribution in [-0.2, 0) is 28.6 Å². The second-order valence-corrected chi connectivity index (χ2v) is 19.9. The van der Waals surface area contributed by atoms with Crippen molar-refractivity contribution in [2.75, 3.05) is 13.2 Å². The molecule has 0 fully saturated rings. The van der Waals surface area contributed by atoms with Gasteiger partial charge in [-0.25, -0.2) is 0 Å². The van der Waals surface area contributed by atoms with Crippen LogP contribution in [0, 0.1) is 0 Å². The molecular formula is C63H112O6. The Kier molecular flexibility index (Phi) is 55.3. The van der Waals surface area contributed by atoms with Gasteiger partial charge in [-0.1, -0.05) is 255 Å². The maximum absolute atomic E-state index is 12.8. The van der Waals surface area contributed by atoms with Crippen LogP contribution in [0.5, 0.6) is 0 Å². The number of hydrogen-bond acceptors (Lipinski definition) is 6. The Morgan fingerprint density at radius 2 is 0.522 bits per heavy atom. The highest BCUT2D eigenvalue weighted by Crippen LogP contribution is 2.16. The zero-order valence-corrected chi connectivity index (χ0v) is 45.8. The van der Waals surface area contributed by atoms with Crippen LogP contribution in [0.4, 0.5) is 0 Å². The fourth-order valence-corrected chi connectivity index (χ4v) is 8.48. The van der Waals surface area contributed by atoms with Gasteiger partial charge in [0.2, 0.25) is 0 Å². The maximum Gasteiger partial charge on any atom is 0.306 e. The smallest absolute Gasteiger partial charge is 0.306 e. The molecule has 1 unspecified atom stereocenters. The van der Waals surface area contributed by atoms with Crippen LogP contribution in [0.25, 0.3) is 0 Å². The molecule has 0 aromatic rings. The molecule has 0 saturated heterocycles. The zero-order chi connectivity index (χ0) is 50.0. The van der Waals surface area contributed by atoms with Gasteiger partial charge in [-0.2, -0.15) is 0 Å². The summed E-state index contributed by atoms with van der Waals surface area (Å²) in [4.78, 5) is 37.8.